The van der Waals surface area contributed by atoms with Gasteiger partial charge >= 0.3 is 0 Å². The number of carbonyl (C=O) groups is 1. The first kappa shape index (κ1) is 13.2. The predicted molar refractivity (Wildman–Crippen MR) is 78.5 cm³/mol. The molecule has 3 aromatic rings. The topological polar surface area (TPSA) is 72.7 Å². The van der Waals surface area contributed by atoms with Gasteiger partial charge in [-0.2, -0.15) is 15.0 Å². The molecule has 2 heterocycles. The number of fused-ring (bicyclic) bond motifs is 1. The summed E-state index contributed by atoms with van der Waals surface area (Å²) in [7, 11) is 0. The van der Waals surface area contributed by atoms with E-state index in [0.717, 1.165) is 23.0 Å². The van der Waals surface area contributed by atoms with Gasteiger partial charge in [-0.05, 0) is 36.2 Å². The molecule has 106 valence electrons. The van der Waals surface area contributed by atoms with E-state index in [9.17, 15) is 4.79 Å². The Hall–Kier alpha value is -2.76. The third kappa shape index (κ3) is 3.42. The minimum absolute atomic E-state index is 0.0932. The van der Waals surface area contributed by atoms with Crippen LogP contribution >= 0.6 is 0 Å². The van der Waals surface area contributed by atoms with Gasteiger partial charge in [0.15, 0.2) is 0 Å². The van der Waals surface area contributed by atoms with Crippen molar-refractivity contribution in [2.24, 2.45) is 0 Å². The van der Waals surface area contributed by atoms with Crippen LogP contribution in [0.25, 0.3) is 11.0 Å². The Morgan fingerprint density at radius 2 is 1.71 bits per heavy atom. The molecule has 0 fully saturated rings. The number of hydrogen-bond acceptors (Lipinski definition) is 4. The Labute approximate surface area is 121 Å². The number of rotatable bonds is 5. The Bertz CT molecular complexity index is 705. The van der Waals surface area contributed by atoms with E-state index < -0.39 is 0 Å². The Kier molecular flexibility index (Phi) is 3.86. The maximum Gasteiger partial charge on any atom is 0.243 e. The second-order valence-corrected chi connectivity index (χ2v) is 4.67. The highest BCUT2D eigenvalue weighted by molar-refractivity contribution is 5.77. The van der Waals surface area contributed by atoms with E-state index in [1.54, 1.807) is 12.4 Å². The maximum atomic E-state index is 11.9. The van der Waals surface area contributed by atoms with Crippen molar-refractivity contribution in [3.8, 4) is 0 Å². The second kappa shape index (κ2) is 6.13. The lowest BCUT2D eigenvalue weighted by Gasteiger charge is -2.04. The minimum atomic E-state index is -0.0932. The highest BCUT2D eigenvalue weighted by Crippen LogP contribution is 2.06. The van der Waals surface area contributed by atoms with E-state index in [1.807, 2.05) is 36.4 Å². The summed E-state index contributed by atoms with van der Waals surface area (Å²) in [6.07, 6.45) is 4.27. The summed E-state index contributed by atoms with van der Waals surface area (Å²) in [5, 5.41) is 11.4. The molecule has 0 atom stereocenters. The zero-order valence-corrected chi connectivity index (χ0v) is 11.4. The van der Waals surface area contributed by atoms with Gasteiger partial charge in [0.1, 0.15) is 17.6 Å². The summed E-state index contributed by atoms with van der Waals surface area (Å²) in [5.41, 5.74) is 2.73. The Morgan fingerprint density at radius 1 is 1.05 bits per heavy atom. The fourth-order valence-corrected chi connectivity index (χ4v) is 2.06. The van der Waals surface area contributed by atoms with Crippen molar-refractivity contribution in [3.05, 3.63) is 54.4 Å². The maximum absolute atomic E-state index is 11.9. The van der Waals surface area contributed by atoms with Crippen LogP contribution in [0.1, 0.15) is 5.56 Å². The molecule has 0 bridgehead atoms. The average Bonchev–Trinajstić information content (AvgIpc) is 2.90. The molecule has 2 aromatic heterocycles. The van der Waals surface area contributed by atoms with Gasteiger partial charge < -0.3 is 5.32 Å². The number of aromatic nitrogens is 4. The number of carbonyl (C=O) groups excluding carboxylic acids is 1. The highest BCUT2D eigenvalue weighted by Gasteiger charge is 2.06. The number of nitrogens with zero attached hydrogens (tertiary/aromatic N) is 4. The third-order valence-corrected chi connectivity index (χ3v) is 3.10. The number of benzene rings is 1. The first-order chi connectivity index (χ1) is 10.3. The van der Waals surface area contributed by atoms with E-state index in [2.05, 4.69) is 20.5 Å². The molecule has 0 aliphatic carbocycles. The van der Waals surface area contributed by atoms with Crippen LogP contribution in [-0.2, 0) is 17.8 Å². The van der Waals surface area contributed by atoms with Gasteiger partial charge in [0, 0.05) is 18.9 Å². The number of hydrogen-bond donors (Lipinski definition) is 1. The van der Waals surface area contributed by atoms with E-state index in [4.69, 9.17) is 0 Å². The number of nitrogens with one attached hydrogen (secondary N) is 1. The molecular weight excluding hydrogens is 266 g/mol. The van der Waals surface area contributed by atoms with Crippen LogP contribution in [0.15, 0.2) is 48.8 Å². The lowest BCUT2D eigenvalue weighted by molar-refractivity contribution is -0.122. The molecule has 0 aliphatic rings. The molecule has 21 heavy (non-hydrogen) atoms. The largest absolute Gasteiger partial charge is 0.354 e. The smallest absolute Gasteiger partial charge is 0.243 e. The van der Waals surface area contributed by atoms with Gasteiger partial charge in [-0.15, -0.1) is 0 Å². The Morgan fingerprint density at radius 3 is 2.38 bits per heavy atom. The third-order valence-electron chi connectivity index (χ3n) is 3.10. The first-order valence-electron chi connectivity index (χ1n) is 6.77. The van der Waals surface area contributed by atoms with Crippen molar-refractivity contribution in [2.75, 3.05) is 6.54 Å². The Balaban J connectivity index is 1.52. The lowest BCUT2D eigenvalue weighted by atomic mass is 10.2. The minimum Gasteiger partial charge on any atom is -0.354 e. The lowest BCUT2D eigenvalue weighted by Crippen LogP contribution is -2.30. The molecular formula is C15H15N5O. The molecule has 0 radical (unpaired) electrons. The van der Waals surface area contributed by atoms with Crippen molar-refractivity contribution in [1.29, 1.82) is 0 Å². The van der Waals surface area contributed by atoms with Crippen LogP contribution in [0.4, 0.5) is 0 Å². The zero-order chi connectivity index (χ0) is 14.5. The molecule has 0 aliphatic heterocycles. The van der Waals surface area contributed by atoms with Crippen LogP contribution in [-0.4, -0.2) is 32.4 Å². The number of amides is 1. The molecule has 3 rings (SSSR count). The quantitative estimate of drug-likeness (QED) is 0.762. The van der Waals surface area contributed by atoms with Crippen molar-refractivity contribution >= 4 is 16.9 Å². The predicted octanol–water partition coefficient (Wildman–Crippen LogP) is 1.19. The van der Waals surface area contributed by atoms with Crippen molar-refractivity contribution < 1.29 is 4.79 Å². The van der Waals surface area contributed by atoms with E-state index in [0.29, 0.717) is 6.54 Å². The van der Waals surface area contributed by atoms with Crippen LogP contribution in [0.3, 0.4) is 0 Å². The van der Waals surface area contributed by atoms with Crippen molar-refractivity contribution in [1.82, 2.24) is 25.3 Å². The second-order valence-electron chi connectivity index (χ2n) is 4.67. The molecule has 1 aromatic carbocycles. The van der Waals surface area contributed by atoms with Crippen LogP contribution < -0.4 is 5.32 Å². The first-order valence-corrected chi connectivity index (χ1v) is 6.77. The number of pyridine rings is 1. The molecule has 0 saturated carbocycles. The van der Waals surface area contributed by atoms with E-state index >= 15 is 0 Å². The fraction of sp³-hybridized carbons (Fsp3) is 0.200. The summed E-state index contributed by atoms with van der Waals surface area (Å²) in [5.74, 6) is -0.0932. The van der Waals surface area contributed by atoms with Gasteiger partial charge in [0.25, 0.3) is 0 Å². The van der Waals surface area contributed by atoms with Gasteiger partial charge in [-0.25, -0.2) is 0 Å². The van der Waals surface area contributed by atoms with Crippen molar-refractivity contribution in [2.45, 2.75) is 13.0 Å². The fourth-order valence-electron chi connectivity index (χ4n) is 2.06. The van der Waals surface area contributed by atoms with Gasteiger partial charge in [-0.1, -0.05) is 12.1 Å². The van der Waals surface area contributed by atoms with Crippen molar-refractivity contribution in [3.63, 3.8) is 0 Å². The molecule has 0 saturated heterocycles. The molecule has 0 unspecified atom stereocenters. The standard InChI is InChI=1S/C15H15N5O/c21-15(17-10-7-12-5-8-16-9-6-12)11-20-18-13-3-1-2-4-14(13)19-20/h1-6,8-9H,7,10-11H2,(H,17,21). The summed E-state index contributed by atoms with van der Waals surface area (Å²) in [4.78, 5) is 17.2. The van der Waals surface area contributed by atoms with Gasteiger partial charge in [0.05, 0.1) is 0 Å². The monoisotopic (exact) mass is 281 g/mol. The van der Waals surface area contributed by atoms with Gasteiger partial charge in [-0.3, -0.25) is 9.78 Å². The van der Waals surface area contributed by atoms with E-state index in [1.165, 1.54) is 4.80 Å². The van der Waals surface area contributed by atoms with Crippen LogP contribution in [0.2, 0.25) is 0 Å². The summed E-state index contributed by atoms with van der Waals surface area (Å²) < 4.78 is 0. The molecule has 0 spiro atoms. The molecule has 1 amide bonds. The van der Waals surface area contributed by atoms with Gasteiger partial charge in [0.2, 0.25) is 5.91 Å². The molecule has 1 N–H and O–H groups in total. The summed E-state index contributed by atoms with van der Waals surface area (Å²) in [6, 6.07) is 11.4. The normalized spacial score (nSPS) is 10.7. The zero-order valence-electron chi connectivity index (χ0n) is 11.4. The summed E-state index contributed by atoms with van der Waals surface area (Å²) >= 11 is 0. The highest BCUT2D eigenvalue weighted by atomic mass is 16.2. The molecule has 6 heteroatoms. The SMILES string of the molecule is O=C(Cn1nc2ccccc2n1)NCCc1ccncc1. The summed E-state index contributed by atoms with van der Waals surface area (Å²) in [6.45, 7) is 0.717. The van der Waals surface area contributed by atoms with E-state index in [-0.39, 0.29) is 12.5 Å². The van der Waals surface area contributed by atoms with Crippen LogP contribution in [0.5, 0.6) is 0 Å². The average molecular weight is 281 g/mol. The molecule has 6 nitrogen and oxygen atoms in total. The van der Waals surface area contributed by atoms with Crippen LogP contribution in [0, 0.1) is 0 Å².